The van der Waals surface area contributed by atoms with E-state index >= 15 is 0 Å². The van der Waals surface area contributed by atoms with E-state index in [2.05, 4.69) is 37.5 Å². The molecule has 1 atom stereocenters. The van der Waals surface area contributed by atoms with E-state index in [9.17, 15) is 9.59 Å². The summed E-state index contributed by atoms with van der Waals surface area (Å²) in [5, 5.41) is 10.2. The van der Waals surface area contributed by atoms with Gasteiger partial charge < -0.3 is 20.1 Å². The number of rotatable bonds is 8. The van der Waals surface area contributed by atoms with Crippen LogP contribution < -0.4 is 15.4 Å². The van der Waals surface area contributed by atoms with Gasteiger partial charge in [0.25, 0.3) is 5.91 Å². The molecule has 1 aliphatic heterocycles. The van der Waals surface area contributed by atoms with E-state index in [1.807, 2.05) is 18.3 Å². The summed E-state index contributed by atoms with van der Waals surface area (Å²) in [6.07, 6.45) is 7.69. The molecular formula is C26H29N7O4S. The monoisotopic (exact) mass is 535 g/mol. The van der Waals surface area contributed by atoms with Crippen LogP contribution in [0.1, 0.15) is 29.4 Å². The number of carbonyl (C=O) groups excluding carboxylic acids is 2. The highest BCUT2D eigenvalue weighted by molar-refractivity contribution is 7.21. The minimum absolute atomic E-state index is 0.139. The molecule has 38 heavy (non-hydrogen) atoms. The first-order chi connectivity index (χ1) is 18.4. The fourth-order valence-electron chi connectivity index (χ4n) is 4.30. The van der Waals surface area contributed by atoms with Crippen LogP contribution in [-0.4, -0.2) is 75.8 Å². The van der Waals surface area contributed by atoms with Crippen LogP contribution in [0, 0.1) is 6.92 Å². The summed E-state index contributed by atoms with van der Waals surface area (Å²) in [5.74, 6) is 0.0428. The number of amides is 2. The van der Waals surface area contributed by atoms with Crippen molar-refractivity contribution in [3.05, 3.63) is 54.2 Å². The van der Waals surface area contributed by atoms with E-state index in [4.69, 9.17) is 9.47 Å². The summed E-state index contributed by atoms with van der Waals surface area (Å²) < 4.78 is 12.7. The fourth-order valence-corrected chi connectivity index (χ4v) is 5.37. The molecule has 0 unspecified atom stereocenters. The zero-order valence-electron chi connectivity index (χ0n) is 21.4. The molecule has 0 bridgehead atoms. The van der Waals surface area contributed by atoms with Crippen LogP contribution in [0.5, 0.6) is 5.88 Å². The van der Waals surface area contributed by atoms with Gasteiger partial charge in [0.05, 0.1) is 71.8 Å². The Labute approximate surface area is 223 Å². The van der Waals surface area contributed by atoms with E-state index in [0.717, 1.165) is 30.0 Å². The maximum absolute atomic E-state index is 13.2. The largest absolute Gasteiger partial charge is 0.481 e. The van der Waals surface area contributed by atoms with Crippen LogP contribution in [0.2, 0.25) is 0 Å². The van der Waals surface area contributed by atoms with E-state index < -0.39 is 0 Å². The second-order valence-electron chi connectivity index (χ2n) is 8.96. The first-order valence-corrected chi connectivity index (χ1v) is 13.1. The molecule has 0 saturated carbocycles. The quantitative estimate of drug-likeness (QED) is 0.352. The number of anilines is 2. The molecule has 0 aromatic carbocycles. The third-order valence-electron chi connectivity index (χ3n) is 6.33. The van der Waals surface area contributed by atoms with Gasteiger partial charge >= 0.3 is 0 Å². The standard InChI is InChI=1S/C26H29N7O4S/c1-4-18-13-32(8-9-37-18)15-23(34)30-17-10-21(16(2)28-11-17)31-24(35)20-12-29-33-14-22(38-26(20)33)19-6-5-7-27-25(19)36-3/h5-7,10-12,14,18H,4,8-9,13,15H2,1-3H3,(H,30,34)(H,31,35)/t18-/m0/s1. The van der Waals surface area contributed by atoms with Crippen molar-refractivity contribution in [2.45, 2.75) is 26.4 Å². The van der Waals surface area contributed by atoms with Crippen molar-refractivity contribution in [1.29, 1.82) is 0 Å². The zero-order chi connectivity index (χ0) is 26.6. The molecule has 2 N–H and O–H groups in total. The van der Waals surface area contributed by atoms with Crippen LogP contribution in [-0.2, 0) is 9.53 Å². The molecule has 1 aliphatic rings. The zero-order valence-corrected chi connectivity index (χ0v) is 22.2. The van der Waals surface area contributed by atoms with Crippen molar-refractivity contribution in [1.82, 2.24) is 24.5 Å². The smallest absolute Gasteiger partial charge is 0.260 e. The highest BCUT2D eigenvalue weighted by Crippen LogP contribution is 2.35. The van der Waals surface area contributed by atoms with E-state index in [1.165, 1.54) is 17.5 Å². The Morgan fingerprint density at radius 3 is 2.95 bits per heavy atom. The maximum Gasteiger partial charge on any atom is 0.260 e. The predicted molar refractivity (Wildman–Crippen MR) is 145 cm³/mol. The summed E-state index contributed by atoms with van der Waals surface area (Å²) in [4.78, 5) is 38.2. The highest BCUT2D eigenvalue weighted by atomic mass is 32.1. The summed E-state index contributed by atoms with van der Waals surface area (Å²) in [7, 11) is 1.57. The average Bonchev–Trinajstić information content (AvgIpc) is 3.52. The first kappa shape index (κ1) is 25.8. The normalized spacial score (nSPS) is 15.9. The highest BCUT2D eigenvalue weighted by Gasteiger charge is 2.22. The number of hydrogen-bond acceptors (Lipinski definition) is 9. The minimum Gasteiger partial charge on any atom is -0.481 e. The molecule has 1 saturated heterocycles. The lowest BCUT2D eigenvalue weighted by atomic mass is 10.2. The van der Waals surface area contributed by atoms with Crippen molar-refractivity contribution >= 4 is 39.4 Å². The number of thiazole rings is 1. The molecule has 0 aliphatic carbocycles. The third-order valence-corrected chi connectivity index (χ3v) is 7.48. The molecule has 5 rings (SSSR count). The fraction of sp³-hybridized carbons (Fsp3) is 0.346. The average molecular weight is 536 g/mol. The van der Waals surface area contributed by atoms with Crippen molar-refractivity contribution in [2.24, 2.45) is 0 Å². The number of methoxy groups -OCH3 is 1. The molecule has 5 heterocycles. The van der Waals surface area contributed by atoms with Gasteiger partial charge in [0.1, 0.15) is 4.83 Å². The lowest BCUT2D eigenvalue weighted by molar-refractivity contribution is -0.119. The van der Waals surface area contributed by atoms with Gasteiger partial charge in [-0.1, -0.05) is 6.92 Å². The van der Waals surface area contributed by atoms with Crippen LogP contribution in [0.4, 0.5) is 11.4 Å². The van der Waals surface area contributed by atoms with Crippen LogP contribution in [0.15, 0.2) is 43.0 Å². The minimum atomic E-state index is -0.321. The molecular weight excluding hydrogens is 506 g/mol. The van der Waals surface area contributed by atoms with Crippen molar-refractivity contribution in [2.75, 3.05) is 44.0 Å². The second kappa shape index (κ2) is 11.3. The Morgan fingerprint density at radius 1 is 1.26 bits per heavy atom. The van der Waals surface area contributed by atoms with Gasteiger partial charge in [0, 0.05) is 25.5 Å². The number of hydrogen-bond donors (Lipinski definition) is 2. The molecule has 4 aromatic heterocycles. The van der Waals surface area contributed by atoms with Gasteiger partial charge in [-0.05, 0) is 31.5 Å². The lowest BCUT2D eigenvalue weighted by Crippen LogP contribution is -2.45. The summed E-state index contributed by atoms with van der Waals surface area (Å²) >= 11 is 1.42. The molecule has 4 aromatic rings. The Bertz CT molecular complexity index is 1470. The SMILES string of the molecule is CC[C@H]1CN(CC(=O)Nc2cnc(C)c(NC(=O)c3cnn4cc(-c5cccnc5OC)sc34)c2)CCO1. The number of morpholine rings is 1. The number of aryl methyl sites for hydroxylation is 1. The van der Waals surface area contributed by atoms with Crippen LogP contribution in [0.3, 0.4) is 0 Å². The van der Waals surface area contributed by atoms with Gasteiger partial charge in [-0.25, -0.2) is 9.50 Å². The van der Waals surface area contributed by atoms with Gasteiger partial charge in [-0.3, -0.25) is 19.5 Å². The Morgan fingerprint density at radius 2 is 2.13 bits per heavy atom. The summed E-state index contributed by atoms with van der Waals surface area (Å²) in [6.45, 7) is 6.22. The topological polar surface area (TPSA) is 123 Å². The number of aromatic nitrogens is 4. The predicted octanol–water partition coefficient (Wildman–Crippen LogP) is 3.47. The number of nitrogens with zero attached hydrogens (tertiary/aromatic N) is 5. The Kier molecular flexibility index (Phi) is 7.63. The van der Waals surface area contributed by atoms with Crippen LogP contribution in [0.25, 0.3) is 15.3 Å². The third kappa shape index (κ3) is 5.52. The number of fused-ring (bicyclic) bond motifs is 1. The van der Waals surface area contributed by atoms with E-state index in [-0.39, 0.29) is 24.5 Å². The Balaban J connectivity index is 1.29. The summed E-state index contributed by atoms with van der Waals surface area (Å²) in [6, 6.07) is 5.46. The van der Waals surface area contributed by atoms with Crippen molar-refractivity contribution in [3.63, 3.8) is 0 Å². The maximum atomic E-state index is 13.2. The number of carbonyl (C=O) groups is 2. The lowest BCUT2D eigenvalue weighted by Gasteiger charge is -2.31. The molecule has 1 fully saturated rings. The van der Waals surface area contributed by atoms with Gasteiger partial charge in [-0.15, -0.1) is 11.3 Å². The molecule has 0 radical (unpaired) electrons. The van der Waals surface area contributed by atoms with Gasteiger partial charge in [0.15, 0.2) is 0 Å². The van der Waals surface area contributed by atoms with Crippen molar-refractivity contribution < 1.29 is 19.1 Å². The molecule has 11 nitrogen and oxygen atoms in total. The number of pyridine rings is 2. The number of ether oxygens (including phenoxy) is 2. The van der Waals surface area contributed by atoms with Gasteiger partial charge in [-0.2, -0.15) is 5.10 Å². The van der Waals surface area contributed by atoms with Crippen molar-refractivity contribution in [3.8, 4) is 16.3 Å². The summed E-state index contributed by atoms with van der Waals surface area (Å²) in [5.41, 5.74) is 2.90. The molecule has 0 spiro atoms. The molecule has 198 valence electrons. The number of nitrogens with one attached hydrogen (secondary N) is 2. The first-order valence-electron chi connectivity index (χ1n) is 12.3. The molecule has 2 amide bonds. The van der Waals surface area contributed by atoms with E-state index in [1.54, 1.807) is 37.0 Å². The van der Waals surface area contributed by atoms with E-state index in [0.29, 0.717) is 39.9 Å². The molecule has 12 heteroatoms. The second-order valence-corrected chi connectivity index (χ2v) is 9.99. The Hall–Kier alpha value is -3.87. The van der Waals surface area contributed by atoms with Gasteiger partial charge in [0.2, 0.25) is 11.8 Å². The van der Waals surface area contributed by atoms with Crippen LogP contribution >= 0.6 is 11.3 Å².